The molecule has 0 fully saturated rings. The van der Waals surface area contributed by atoms with Gasteiger partial charge in [-0.05, 0) is 0 Å². The number of hydrogen-bond acceptors (Lipinski definition) is 1. The van der Waals surface area contributed by atoms with Crippen molar-refractivity contribution in [1.82, 2.24) is 0 Å². The van der Waals surface area contributed by atoms with Crippen molar-refractivity contribution in [3.8, 4) is 16.8 Å². The van der Waals surface area contributed by atoms with E-state index in [1.54, 1.807) is 7.11 Å². The van der Waals surface area contributed by atoms with E-state index in [9.17, 15) is 0 Å². The topological polar surface area (TPSA) is 9.23 Å². The number of rotatable bonds is 2. The summed E-state index contributed by atoms with van der Waals surface area (Å²) >= 11 is 0. The zero-order valence-corrected chi connectivity index (χ0v) is 8.10. The fraction of sp³-hybridized carbons (Fsp3) is 0.0833. The van der Waals surface area contributed by atoms with Crippen molar-refractivity contribution in [2.24, 2.45) is 0 Å². The van der Waals surface area contributed by atoms with Gasteiger partial charge in [0.1, 0.15) is 0 Å². The molecule has 0 saturated heterocycles. The van der Waals surface area contributed by atoms with Crippen molar-refractivity contribution in [1.29, 1.82) is 0 Å². The molecule has 2 aromatic rings. The molecule has 1 aromatic carbocycles. The van der Waals surface area contributed by atoms with Gasteiger partial charge in [-0.15, -0.1) is 0 Å². The Morgan fingerprint density at radius 3 is 2.36 bits per heavy atom. The van der Waals surface area contributed by atoms with E-state index < -0.39 is 0 Å². The Kier molecular flexibility index (Phi) is 2.64. The molecule has 2 rings (SSSR count). The molecule has 68 valence electrons. The van der Waals surface area contributed by atoms with Crippen LogP contribution in [0, 0.1) is 0 Å². The van der Waals surface area contributed by atoms with Crippen LogP contribution >= 0.6 is 0 Å². The fourth-order valence-electron chi connectivity index (χ4n) is 1.41. The Morgan fingerprint density at radius 2 is 1.79 bits per heavy atom. The molecule has 1 heterocycles. The molecule has 2 heteroatoms. The number of methoxy groups -OCH3 is 1. The van der Waals surface area contributed by atoms with Gasteiger partial charge in [0.2, 0.25) is 0 Å². The third kappa shape index (κ3) is 1.85. The van der Waals surface area contributed by atoms with Crippen LogP contribution in [0.1, 0.15) is 0 Å². The molecule has 1 nitrogen and oxygen atoms in total. The molecule has 0 aliphatic carbocycles. The third-order valence-corrected chi connectivity index (χ3v) is 2.20. The molecule has 0 radical (unpaired) electrons. The van der Waals surface area contributed by atoms with Gasteiger partial charge in [0.15, 0.2) is 0 Å². The molecule has 0 aliphatic rings. The Morgan fingerprint density at radius 1 is 1.00 bits per heavy atom. The standard InChI is InChI=1S/C12H11BO/c1-14-11-7-5-10(6-8-11)12-4-2-3-9-13-12/h2-9H,1H3. The van der Waals surface area contributed by atoms with E-state index in [0.29, 0.717) is 0 Å². The van der Waals surface area contributed by atoms with Gasteiger partial charge in [0.25, 0.3) is 0 Å². The van der Waals surface area contributed by atoms with E-state index in [-0.39, 0.29) is 0 Å². The summed E-state index contributed by atoms with van der Waals surface area (Å²) in [6.45, 7) is 2.10. The van der Waals surface area contributed by atoms with Crippen LogP contribution in [0.5, 0.6) is 5.75 Å². The fourth-order valence-corrected chi connectivity index (χ4v) is 1.41. The van der Waals surface area contributed by atoms with E-state index in [2.05, 4.69) is 25.1 Å². The van der Waals surface area contributed by atoms with Gasteiger partial charge in [0.05, 0.1) is 0 Å². The van der Waals surface area contributed by atoms with Gasteiger partial charge >= 0.3 is 84.0 Å². The first-order chi connectivity index (χ1) is 6.90. The number of ether oxygens (including phenoxy) is 1. The second-order valence-corrected chi connectivity index (χ2v) is 3.09. The molecule has 0 aliphatic heterocycles. The van der Waals surface area contributed by atoms with Crippen LogP contribution in [0.15, 0.2) is 48.4 Å². The summed E-state index contributed by atoms with van der Waals surface area (Å²) in [5.41, 5.74) is 2.45. The summed E-state index contributed by atoms with van der Waals surface area (Å²) in [7, 11) is 1.68. The molecule has 0 atom stereocenters. The van der Waals surface area contributed by atoms with Gasteiger partial charge < -0.3 is 0 Å². The van der Waals surface area contributed by atoms with Crippen molar-refractivity contribution in [3.63, 3.8) is 0 Å². The van der Waals surface area contributed by atoms with E-state index >= 15 is 0 Å². The molecule has 0 bridgehead atoms. The first-order valence-electron chi connectivity index (χ1n) is 4.59. The van der Waals surface area contributed by atoms with Crippen molar-refractivity contribution < 1.29 is 4.74 Å². The monoisotopic (exact) mass is 182 g/mol. The van der Waals surface area contributed by atoms with E-state index in [1.807, 2.05) is 30.2 Å². The molecular weight excluding hydrogens is 171 g/mol. The normalized spacial score (nSPS) is 9.50. The summed E-state index contributed by atoms with van der Waals surface area (Å²) in [6, 6.07) is 14.2. The van der Waals surface area contributed by atoms with Crippen LogP contribution in [-0.2, 0) is 0 Å². The second kappa shape index (κ2) is 4.10. The summed E-state index contributed by atoms with van der Waals surface area (Å²) in [5, 5.41) is 0. The van der Waals surface area contributed by atoms with Crippen molar-refractivity contribution >= 4 is 6.91 Å². The molecule has 1 aromatic heterocycles. The summed E-state index contributed by atoms with van der Waals surface area (Å²) in [5.74, 6) is 2.93. The van der Waals surface area contributed by atoms with Crippen LogP contribution in [0.2, 0.25) is 0 Å². The summed E-state index contributed by atoms with van der Waals surface area (Å²) in [4.78, 5) is 0. The van der Waals surface area contributed by atoms with E-state index in [4.69, 9.17) is 4.74 Å². The van der Waals surface area contributed by atoms with Crippen molar-refractivity contribution in [3.05, 3.63) is 48.4 Å². The second-order valence-electron chi connectivity index (χ2n) is 3.09. The van der Waals surface area contributed by atoms with Crippen LogP contribution in [0.4, 0.5) is 0 Å². The maximum atomic E-state index is 5.11. The quantitative estimate of drug-likeness (QED) is 0.693. The predicted molar refractivity (Wildman–Crippen MR) is 59.8 cm³/mol. The zero-order chi connectivity index (χ0) is 9.80. The Labute approximate surface area is 84.6 Å². The maximum absolute atomic E-state index is 5.11. The van der Waals surface area contributed by atoms with Crippen molar-refractivity contribution in [2.75, 3.05) is 7.11 Å². The Bertz CT molecular complexity index is 394. The first-order valence-corrected chi connectivity index (χ1v) is 4.59. The molecule has 0 unspecified atom stereocenters. The molecular formula is C12H11BO. The zero-order valence-electron chi connectivity index (χ0n) is 8.10. The number of hydrogen-bond donors (Lipinski definition) is 0. The van der Waals surface area contributed by atoms with Crippen LogP contribution in [-0.4, -0.2) is 14.0 Å². The van der Waals surface area contributed by atoms with E-state index in [0.717, 1.165) is 5.75 Å². The SMILES string of the molecule is COc1ccc(-c2bcccc2)cc1. The third-order valence-electron chi connectivity index (χ3n) is 2.20. The Hall–Kier alpha value is -1.57. The van der Waals surface area contributed by atoms with Crippen molar-refractivity contribution in [2.45, 2.75) is 0 Å². The summed E-state index contributed by atoms with van der Waals surface area (Å²) < 4.78 is 5.11. The molecule has 14 heavy (non-hydrogen) atoms. The Balaban J connectivity index is 2.34. The van der Waals surface area contributed by atoms with Gasteiger partial charge in [-0.1, -0.05) is 0 Å². The predicted octanol–water partition coefficient (Wildman–Crippen LogP) is 2.70. The van der Waals surface area contributed by atoms with Crippen LogP contribution < -0.4 is 4.74 Å². The van der Waals surface area contributed by atoms with Gasteiger partial charge in [-0.25, -0.2) is 0 Å². The minimum atomic E-state index is 0.893. The van der Waals surface area contributed by atoms with E-state index in [1.165, 1.54) is 11.0 Å². The average Bonchev–Trinajstić information content (AvgIpc) is 2.30. The molecule has 0 amide bonds. The van der Waals surface area contributed by atoms with Gasteiger partial charge in [0, 0.05) is 0 Å². The van der Waals surface area contributed by atoms with Crippen LogP contribution in [0.3, 0.4) is 0 Å². The van der Waals surface area contributed by atoms with Gasteiger partial charge in [-0.2, -0.15) is 0 Å². The molecule has 0 saturated carbocycles. The minimum absolute atomic E-state index is 0.893. The first kappa shape index (κ1) is 9.01. The van der Waals surface area contributed by atoms with Crippen LogP contribution in [0.25, 0.3) is 11.0 Å². The number of benzene rings is 1. The summed E-state index contributed by atoms with van der Waals surface area (Å²) in [6.07, 6.45) is 0. The molecule has 0 N–H and O–H groups in total. The van der Waals surface area contributed by atoms with Gasteiger partial charge in [-0.3, -0.25) is 0 Å². The molecule has 0 spiro atoms. The average molecular weight is 182 g/mol.